The lowest BCUT2D eigenvalue weighted by Gasteiger charge is -2.39. The summed E-state index contributed by atoms with van der Waals surface area (Å²) in [5, 5.41) is 83.2. The fourth-order valence-electron chi connectivity index (χ4n) is 4.89. The van der Waals surface area contributed by atoms with E-state index in [-0.39, 0.29) is 32.7 Å². The molecule has 46 heavy (non-hydrogen) atoms. The first-order chi connectivity index (χ1) is 21.9. The monoisotopic (exact) mass is 671 g/mol. The number of nitrogens with two attached hydrogens (primary N) is 2. The fraction of sp³-hybridized carbons (Fsp3) is 0.885. The van der Waals surface area contributed by atoms with Crippen LogP contribution in [0.15, 0.2) is 0 Å². The average Bonchev–Trinajstić information content (AvgIpc) is 3.02. The summed E-state index contributed by atoms with van der Waals surface area (Å²) in [6.07, 6.45) is -13.4. The van der Waals surface area contributed by atoms with Gasteiger partial charge in [0.2, 0.25) is 17.7 Å². The van der Waals surface area contributed by atoms with Gasteiger partial charge < -0.3 is 81.9 Å². The van der Waals surface area contributed by atoms with Gasteiger partial charge in [-0.2, -0.15) is 0 Å². The van der Waals surface area contributed by atoms with Gasteiger partial charge in [-0.1, -0.05) is 6.42 Å². The maximum atomic E-state index is 12.8. The van der Waals surface area contributed by atoms with Gasteiger partial charge in [-0.05, 0) is 19.4 Å². The van der Waals surface area contributed by atoms with Crippen molar-refractivity contribution in [3.05, 3.63) is 0 Å². The van der Waals surface area contributed by atoms with E-state index >= 15 is 0 Å². The van der Waals surface area contributed by atoms with E-state index in [2.05, 4.69) is 10.6 Å². The molecular weight excluding hydrogens is 622 g/mol. The molecule has 2 aliphatic rings. The molecule has 0 unspecified atom stereocenters. The van der Waals surface area contributed by atoms with Crippen molar-refractivity contribution in [2.45, 2.75) is 86.7 Å². The molecule has 20 nitrogen and oxygen atoms in total. The summed E-state index contributed by atoms with van der Waals surface area (Å²) in [6, 6.07) is -1.00. The van der Waals surface area contributed by atoms with Crippen molar-refractivity contribution in [3.8, 4) is 0 Å². The van der Waals surface area contributed by atoms with Gasteiger partial charge in [0.05, 0.1) is 45.6 Å². The zero-order chi connectivity index (χ0) is 34.4. The van der Waals surface area contributed by atoms with Crippen LogP contribution in [0.5, 0.6) is 0 Å². The number of nitrogens with zero attached hydrogens (tertiary/aromatic N) is 1. The Bertz CT molecular complexity index is 876. The minimum absolute atomic E-state index is 0.113. The first-order valence-electron chi connectivity index (χ1n) is 15.0. The normalized spacial score (nSPS) is 32.2. The molecule has 0 aliphatic carbocycles. The molecule has 0 aromatic heterocycles. The molecule has 0 aromatic rings. The van der Waals surface area contributed by atoms with E-state index in [4.69, 9.17) is 30.4 Å². The van der Waals surface area contributed by atoms with E-state index in [1.54, 1.807) is 0 Å². The molecule has 11 atom stereocenters. The highest BCUT2D eigenvalue weighted by atomic mass is 16.7. The molecule has 0 aromatic carbocycles. The van der Waals surface area contributed by atoms with E-state index in [9.17, 15) is 55.2 Å². The van der Waals surface area contributed by atoms with Crippen LogP contribution in [0, 0.1) is 0 Å². The first-order valence-corrected chi connectivity index (χ1v) is 15.0. The first kappa shape index (κ1) is 40.0. The van der Waals surface area contributed by atoms with Gasteiger partial charge in [-0.3, -0.25) is 19.3 Å². The summed E-state index contributed by atoms with van der Waals surface area (Å²) in [6.45, 7) is -2.41. The second-order valence-electron chi connectivity index (χ2n) is 10.9. The number of primary amides is 1. The van der Waals surface area contributed by atoms with Crippen LogP contribution in [0.3, 0.4) is 0 Å². The third-order valence-corrected chi connectivity index (χ3v) is 7.50. The Hall–Kier alpha value is -2.15. The Balaban J connectivity index is 1.89. The number of hydrogen-bond donors (Lipinski definition) is 12. The zero-order valence-corrected chi connectivity index (χ0v) is 25.4. The molecule has 0 spiro atoms. The lowest BCUT2D eigenvalue weighted by molar-refractivity contribution is -0.300. The number of carbonyl (C=O) groups is 3. The van der Waals surface area contributed by atoms with E-state index in [1.807, 2.05) is 0 Å². The number of aliphatic hydroxyl groups is 8. The average molecular weight is 672 g/mol. The Morgan fingerprint density at radius 1 is 0.717 bits per heavy atom. The molecule has 0 saturated carbocycles. The zero-order valence-electron chi connectivity index (χ0n) is 25.4. The summed E-state index contributed by atoms with van der Waals surface area (Å²) in [5.74, 6) is -1.99. The van der Waals surface area contributed by atoms with Crippen molar-refractivity contribution in [3.63, 3.8) is 0 Å². The van der Waals surface area contributed by atoms with Gasteiger partial charge >= 0.3 is 0 Å². The van der Waals surface area contributed by atoms with Gasteiger partial charge in [0.25, 0.3) is 0 Å². The van der Waals surface area contributed by atoms with Gasteiger partial charge in [0, 0.05) is 13.1 Å². The summed E-state index contributed by atoms with van der Waals surface area (Å²) in [4.78, 5) is 39.1. The van der Waals surface area contributed by atoms with Crippen LogP contribution in [0.4, 0.5) is 0 Å². The van der Waals surface area contributed by atoms with Crippen molar-refractivity contribution < 1.29 is 74.2 Å². The maximum absolute atomic E-state index is 12.8. The van der Waals surface area contributed by atoms with Crippen molar-refractivity contribution in [2.75, 3.05) is 59.2 Å². The van der Waals surface area contributed by atoms with E-state index in [1.165, 1.54) is 4.90 Å². The molecule has 0 radical (unpaired) electrons. The smallest absolute Gasteiger partial charge is 0.234 e. The number of aliphatic hydroxyl groups excluding tert-OH is 8. The predicted octanol–water partition coefficient (Wildman–Crippen LogP) is -7.86. The molecule has 14 N–H and O–H groups in total. The van der Waals surface area contributed by atoms with Crippen LogP contribution >= 0.6 is 0 Å². The Kier molecular flexibility index (Phi) is 17.6. The molecule has 2 saturated heterocycles. The minimum Gasteiger partial charge on any atom is -0.394 e. The molecule has 3 amide bonds. The lowest BCUT2D eigenvalue weighted by Crippen LogP contribution is -2.59. The highest BCUT2D eigenvalue weighted by Crippen LogP contribution is 2.23. The molecule has 2 rings (SSSR count). The Labute approximate surface area is 265 Å². The Morgan fingerprint density at radius 3 is 1.52 bits per heavy atom. The number of unbranched alkanes of at least 4 members (excludes halogenated alkanes) is 1. The van der Waals surface area contributed by atoms with Crippen LogP contribution in [-0.2, 0) is 33.3 Å². The van der Waals surface area contributed by atoms with Gasteiger partial charge in [-0.15, -0.1) is 0 Å². The lowest BCUT2D eigenvalue weighted by atomic mass is 9.99. The molecule has 2 fully saturated rings. The third kappa shape index (κ3) is 11.8. The molecule has 2 heterocycles. The number of amides is 3. The van der Waals surface area contributed by atoms with Gasteiger partial charge in [0.1, 0.15) is 48.8 Å². The molecule has 20 heteroatoms. The second-order valence-corrected chi connectivity index (χ2v) is 10.9. The predicted molar refractivity (Wildman–Crippen MR) is 153 cm³/mol. The van der Waals surface area contributed by atoms with E-state index < -0.39 is 111 Å². The number of ether oxygens (including phenoxy) is 4. The summed E-state index contributed by atoms with van der Waals surface area (Å²) in [7, 11) is 0. The number of rotatable bonds is 20. The van der Waals surface area contributed by atoms with Crippen LogP contribution in [-0.4, -0.2) is 190 Å². The fourth-order valence-corrected chi connectivity index (χ4v) is 4.89. The van der Waals surface area contributed by atoms with Gasteiger partial charge in [0.15, 0.2) is 12.6 Å². The number of carbonyl (C=O) groups excluding carboxylic acids is 3. The van der Waals surface area contributed by atoms with Crippen LogP contribution in [0.25, 0.3) is 0 Å². The molecule has 268 valence electrons. The van der Waals surface area contributed by atoms with Crippen molar-refractivity contribution in [2.24, 2.45) is 11.5 Å². The van der Waals surface area contributed by atoms with Crippen molar-refractivity contribution in [1.29, 1.82) is 0 Å². The van der Waals surface area contributed by atoms with Crippen molar-refractivity contribution >= 4 is 17.7 Å². The summed E-state index contributed by atoms with van der Waals surface area (Å²) in [5.41, 5.74) is 11.1. The topological polar surface area (TPSA) is 329 Å². The summed E-state index contributed by atoms with van der Waals surface area (Å²) >= 11 is 0. The highest BCUT2D eigenvalue weighted by Gasteiger charge is 2.45. The van der Waals surface area contributed by atoms with E-state index in [0.29, 0.717) is 19.4 Å². The van der Waals surface area contributed by atoms with Crippen molar-refractivity contribution in [1.82, 2.24) is 15.5 Å². The minimum atomic E-state index is -1.63. The van der Waals surface area contributed by atoms with Gasteiger partial charge in [-0.25, -0.2) is 0 Å². The number of hydrogen-bond acceptors (Lipinski definition) is 17. The summed E-state index contributed by atoms with van der Waals surface area (Å²) < 4.78 is 21.1. The number of nitrogens with one attached hydrogen (secondary N) is 2. The van der Waals surface area contributed by atoms with Crippen LogP contribution in [0.2, 0.25) is 0 Å². The largest absolute Gasteiger partial charge is 0.394 e. The Morgan fingerprint density at radius 2 is 1.15 bits per heavy atom. The molecule has 0 bridgehead atoms. The van der Waals surface area contributed by atoms with E-state index in [0.717, 1.165) is 0 Å². The van der Waals surface area contributed by atoms with Crippen LogP contribution in [0.1, 0.15) is 19.3 Å². The van der Waals surface area contributed by atoms with Crippen LogP contribution < -0.4 is 22.1 Å². The maximum Gasteiger partial charge on any atom is 0.234 e. The molecular formula is C26H49N5O15. The quantitative estimate of drug-likeness (QED) is 0.0535. The SMILES string of the molecule is NCCCC[C@@H](C(N)=O)N(CC(=O)NCCO[C@H]1O[C@H](CO)[C@@H](O)[C@H](O)[C@@H]1O)CC(=O)NCCO[C@H]1O[C@H](CO)[C@@H](O)[C@H](O)[C@@H]1O. The second kappa shape index (κ2) is 20.3. The molecule has 2 aliphatic heterocycles. The standard InChI is InChI=1S/C26H49N5O15/c27-4-2-1-3-13(24(28)42)31(9-16(34)29-5-7-43-25-22(40)20(38)18(36)14(11-32)45-25)10-17(35)30-6-8-44-26-23(41)21(39)19(37)15(12-33)46-26/h13-15,18-23,25-26,32-33,36-41H,1-12,27H2,(H2,28,42)(H,29,34)(H,30,35)/t13-,14+,15+,18+,19+,20-,21-,22-,23-,25-,26-/m0/s1. The highest BCUT2D eigenvalue weighted by molar-refractivity contribution is 5.85. The third-order valence-electron chi connectivity index (χ3n) is 7.50.